The van der Waals surface area contributed by atoms with E-state index in [9.17, 15) is 28.7 Å². The van der Waals surface area contributed by atoms with Crippen molar-refractivity contribution in [3.05, 3.63) is 105 Å². The minimum absolute atomic E-state index is 0.0746. The van der Waals surface area contributed by atoms with Crippen LogP contribution in [0.15, 0.2) is 78.4 Å². The van der Waals surface area contributed by atoms with Crippen molar-refractivity contribution in [3.63, 3.8) is 0 Å². The third-order valence-electron chi connectivity index (χ3n) is 9.96. The molecule has 11 heteroatoms. The third kappa shape index (κ3) is 4.24. The van der Waals surface area contributed by atoms with Crippen LogP contribution in [0.3, 0.4) is 0 Å². The lowest BCUT2D eigenvalue weighted by molar-refractivity contribution is -0.141. The number of hydrogen-bond acceptors (Lipinski definition) is 6. The molecule has 2 saturated heterocycles. The molecule has 0 aromatic heterocycles. The lowest BCUT2D eigenvalue weighted by Gasteiger charge is -2.50. The molecule has 230 valence electrons. The molecule has 4 aliphatic rings. The van der Waals surface area contributed by atoms with Gasteiger partial charge in [-0.15, -0.1) is 0 Å². The Hall–Kier alpha value is -4.21. The summed E-state index contributed by atoms with van der Waals surface area (Å²) in [7, 11) is 0. The number of imide groups is 2. The highest BCUT2D eigenvalue weighted by atomic mass is 35.5. The van der Waals surface area contributed by atoms with Crippen LogP contribution >= 0.6 is 23.2 Å². The van der Waals surface area contributed by atoms with Gasteiger partial charge in [-0.05, 0) is 85.3 Å². The molecule has 4 amide bonds. The zero-order valence-electron chi connectivity index (χ0n) is 24.0. The lowest BCUT2D eigenvalue weighted by Crippen LogP contribution is -2.53. The number of likely N-dealkylation sites (tertiary alicyclic amines) is 1. The molecule has 1 saturated carbocycles. The number of nitrogens with zero attached hydrogens (tertiary/aromatic N) is 2. The first-order valence-electron chi connectivity index (χ1n) is 14.8. The van der Waals surface area contributed by atoms with Crippen LogP contribution in [0, 0.1) is 29.5 Å². The number of amides is 4. The Morgan fingerprint density at radius 1 is 0.933 bits per heavy atom. The number of phenols is 1. The van der Waals surface area contributed by atoms with Crippen molar-refractivity contribution in [1.29, 1.82) is 0 Å². The Kier molecular flexibility index (Phi) is 7.02. The normalized spacial score (nSPS) is 29.0. The number of anilines is 1. The molecule has 3 aromatic carbocycles. The molecule has 8 nitrogen and oxygen atoms in total. The number of benzene rings is 3. The SMILES string of the molecule is CCN1C(=O)[C@H]2[C@H](CC=C3[C@H]2C[C@H]2C(=O)N(Nc4ccc(F)cc4)C(=O)[C@@]2(c2ccc(Cl)cc2)[C@H]3c2ccc(O)cc2Cl)C1=O. The first kappa shape index (κ1) is 29.5. The highest BCUT2D eigenvalue weighted by Gasteiger charge is 2.70. The van der Waals surface area contributed by atoms with Gasteiger partial charge in [-0.3, -0.25) is 29.5 Å². The van der Waals surface area contributed by atoms with E-state index in [1.165, 1.54) is 41.3 Å². The van der Waals surface area contributed by atoms with Gasteiger partial charge in [-0.2, -0.15) is 5.01 Å². The maximum atomic E-state index is 15.0. The van der Waals surface area contributed by atoms with E-state index >= 15 is 0 Å². The van der Waals surface area contributed by atoms with Crippen molar-refractivity contribution >= 4 is 52.5 Å². The van der Waals surface area contributed by atoms with Crippen LogP contribution in [0.4, 0.5) is 10.1 Å². The van der Waals surface area contributed by atoms with Crippen molar-refractivity contribution in [3.8, 4) is 5.75 Å². The maximum Gasteiger partial charge on any atom is 0.260 e. The first-order chi connectivity index (χ1) is 21.6. The van der Waals surface area contributed by atoms with Gasteiger partial charge in [0.15, 0.2) is 0 Å². The van der Waals surface area contributed by atoms with Crippen LogP contribution in [-0.4, -0.2) is 45.2 Å². The fraction of sp³-hybridized carbons (Fsp3) is 0.294. The number of carbonyl (C=O) groups excluding carboxylic acids is 4. The molecule has 2 aliphatic carbocycles. The van der Waals surface area contributed by atoms with E-state index < -0.39 is 52.6 Å². The minimum Gasteiger partial charge on any atom is -0.508 e. The zero-order chi connectivity index (χ0) is 31.8. The fourth-order valence-electron chi connectivity index (χ4n) is 8.13. The van der Waals surface area contributed by atoms with Crippen LogP contribution in [0.1, 0.15) is 36.8 Å². The summed E-state index contributed by atoms with van der Waals surface area (Å²) in [6.07, 6.45) is 2.36. The van der Waals surface area contributed by atoms with Gasteiger partial charge in [0.2, 0.25) is 11.8 Å². The second kappa shape index (κ2) is 10.7. The molecule has 0 spiro atoms. The average molecular weight is 649 g/mol. The smallest absolute Gasteiger partial charge is 0.260 e. The van der Waals surface area contributed by atoms with E-state index in [0.29, 0.717) is 28.3 Å². The van der Waals surface area contributed by atoms with Crippen LogP contribution in [0.25, 0.3) is 0 Å². The van der Waals surface area contributed by atoms with E-state index in [1.807, 2.05) is 6.08 Å². The van der Waals surface area contributed by atoms with Crippen molar-refractivity contribution in [2.45, 2.75) is 31.1 Å². The Morgan fingerprint density at radius 3 is 2.31 bits per heavy atom. The van der Waals surface area contributed by atoms with Crippen molar-refractivity contribution in [1.82, 2.24) is 9.91 Å². The van der Waals surface area contributed by atoms with E-state index in [-0.39, 0.29) is 35.6 Å². The van der Waals surface area contributed by atoms with E-state index in [2.05, 4.69) is 5.43 Å². The first-order valence-corrected chi connectivity index (χ1v) is 15.5. The monoisotopic (exact) mass is 647 g/mol. The van der Waals surface area contributed by atoms with Gasteiger partial charge in [0.25, 0.3) is 11.8 Å². The third-order valence-corrected chi connectivity index (χ3v) is 10.5. The summed E-state index contributed by atoms with van der Waals surface area (Å²) >= 11 is 13.1. The minimum atomic E-state index is -1.54. The van der Waals surface area contributed by atoms with Crippen LogP contribution < -0.4 is 5.43 Å². The highest BCUT2D eigenvalue weighted by molar-refractivity contribution is 6.32. The number of fused-ring (bicyclic) bond motifs is 4. The van der Waals surface area contributed by atoms with Gasteiger partial charge in [0.1, 0.15) is 11.6 Å². The summed E-state index contributed by atoms with van der Waals surface area (Å²) < 4.78 is 13.7. The van der Waals surface area contributed by atoms with E-state index in [1.54, 1.807) is 37.3 Å². The van der Waals surface area contributed by atoms with Gasteiger partial charge < -0.3 is 5.11 Å². The van der Waals surface area contributed by atoms with Gasteiger partial charge in [-0.1, -0.05) is 53.1 Å². The standard InChI is InChI=1S/C34H28Cl2FN3O5/c1-2-39-30(42)24-14-13-22-25(28(24)32(39)44)16-26-31(43)40(38-20-9-7-19(37)8-10-20)33(45)34(26,17-3-5-18(35)6-4-17)29(22)23-12-11-21(41)15-27(23)36/h3-13,15,24-26,28-29,38,41H,2,14,16H2,1H3/t24-,25+,26-,28-,29+,34+/m0/s1. The molecule has 0 bridgehead atoms. The molecule has 0 unspecified atom stereocenters. The summed E-state index contributed by atoms with van der Waals surface area (Å²) in [5.41, 5.74) is 3.46. The van der Waals surface area contributed by atoms with Crippen molar-refractivity contribution in [2.75, 3.05) is 12.0 Å². The van der Waals surface area contributed by atoms with Crippen molar-refractivity contribution < 1.29 is 28.7 Å². The van der Waals surface area contributed by atoms with Crippen LogP contribution in [-0.2, 0) is 24.6 Å². The van der Waals surface area contributed by atoms with E-state index in [4.69, 9.17) is 23.2 Å². The van der Waals surface area contributed by atoms with Gasteiger partial charge in [0.05, 0.1) is 28.9 Å². The molecule has 3 fully saturated rings. The summed E-state index contributed by atoms with van der Waals surface area (Å²) in [6, 6.07) is 16.5. The highest BCUT2D eigenvalue weighted by Crippen LogP contribution is 2.64. The predicted octanol–water partition coefficient (Wildman–Crippen LogP) is 5.84. The number of carbonyl (C=O) groups is 4. The number of aromatic hydroxyl groups is 1. The number of phenolic OH excluding ortho intramolecular Hbond substituents is 1. The topological polar surface area (TPSA) is 107 Å². The number of halogens is 3. The number of nitrogens with one attached hydrogen (secondary N) is 1. The molecule has 2 N–H and O–H groups in total. The van der Waals surface area contributed by atoms with Gasteiger partial charge >= 0.3 is 0 Å². The van der Waals surface area contributed by atoms with E-state index in [0.717, 1.165) is 10.6 Å². The molecule has 6 atom stereocenters. The largest absolute Gasteiger partial charge is 0.508 e. The van der Waals surface area contributed by atoms with Crippen LogP contribution in [0.5, 0.6) is 5.75 Å². The van der Waals surface area contributed by atoms with Crippen molar-refractivity contribution in [2.24, 2.45) is 23.7 Å². The van der Waals surface area contributed by atoms with Crippen LogP contribution in [0.2, 0.25) is 10.0 Å². The summed E-state index contributed by atoms with van der Waals surface area (Å²) in [4.78, 5) is 57.8. The number of hydrogen-bond donors (Lipinski definition) is 2. The molecule has 2 heterocycles. The Labute approximate surface area is 268 Å². The predicted molar refractivity (Wildman–Crippen MR) is 165 cm³/mol. The molecule has 3 aromatic rings. The average Bonchev–Trinajstić information content (AvgIpc) is 3.39. The number of allylic oxidation sites excluding steroid dienone is 2. The Balaban J connectivity index is 1.47. The Bertz CT molecular complexity index is 1800. The Morgan fingerprint density at radius 2 is 1.64 bits per heavy atom. The molecular weight excluding hydrogens is 620 g/mol. The van der Waals surface area contributed by atoms with Gasteiger partial charge in [-0.25, -0.2) is 4.39 Å². The number of rotatable bonds is 5. The van der Waals surface area contributed by atoms with Gasteiger partial charge in [0, 0.05) is 22.5 Å². The molecule has 45 heavy (non-hydrogen) atoms. The number of hydrazine groups is 1. The fourth-order valence-corrected chi connectivity index (χ4v) is 8.54. The molecule has 2 aliphatic heterocycles. The lowest BCUT2D eigenvalue weighted by atomic mass is 9.49. The molecule has 7 rings (SSSR count). The maximum absolute atomic E-state index is 15.0. The second-order valence-electron chi connectivity index (χ2n) is 12.0. The quantitative estimate of drug-likeness (QED) is 0.266. The molecular formula is C34H28Cl2FN3O5. The zero-order valence-corrected chi connectivity index (χ0v) is 25.6. The molecule has 0 radical (unpaired) electrons. The summed E-state index contributed by atoms with van der Waals surface area (Å²) in [6.45, 7) is 2.00. The summed E-state index contributed by atoms with van der Waals surface area (Å²) in [5, 5.41) is 11.9. The second-order valence-corrected chi connectivity index (χ2v) is 12.8. The summed E-state index contributed by atoms with van der Waals surface area (Å²) in [5.74, 6) is -5.75.